The van der Waals surface area contributed by atoms with Gasteiger partial charge in [0.25, 0.3) is 0 Å². The van der Waals surface area contributed by atoms with Gasteiger partial charge in [0, 0.05) is 6.42 Å². The van der Waals surface area contributed by atoms with E-state index in [9.17, 15) is 18.0 Å². The lowest BCUT2D eigenvalue weighted by Crippen LogP contribution is -2.30. The van der Waals surface area contributed by atoms with Crippen LogP contribution in [0.3, 0.4) is 0 Å². The first-order chi connectivity index (χ1) is 10.3. The number of benzene rings is 1. The van der Waals surface area contributed by atoms with Crippen molar-refractivity contribution in [3.63, 3.8) is 0 Å². The third-order valence-electron chi connectivity index (χ3n) is 3.47. The molecule has 0 aliphatic heterocycles. The third kappa shape index (κ3) is 3.66. The normalized spacial score (nSPS) is 19.0. The molecule has 22 heavy (non-hydrogen) atoms. The summed E-state index contributed by atoms with van der Waals surface area (Å²) >= 11 is 5.85. The van der Waals surface area contributed by atoms with Gasteiger partial charge >= 0.3 is 5.97 Å². The summed E-state index contributed by atoms with van der Waals surface area (Å²) in [6.07, 6.45) is 1.78. The minimum Gasteiger partial charge on any atom is -0.451 e. The summed E-state index contributed by atoms with van der Waals surface area (Å²) in [5.74, 6) is -0.832. The van der Waals surface area contributed by atoms with E-state index in [0.29, 0.717) is 12.8 Å². The molecule has 1 aromatic rings. The fraction of sp³-hybridized carbons (Fsp3) is 0.429. The zero-order chi connectivity index (χ0) is 16.3. The number of rotatable bonds is 4. The second-order valence-corrected chi connectivity index (χ2v) is 7.22. The quantitative estimate of drug-likeness (QED) is 0.842. The van der Waals surface area contributed by atoms with Crippen molar-refractivity contribution in [2.75, 3.05) is 7.05 Å². The molecular weight excluding hydrogens is 330 g/mol. The van der Waals surface area contributed by atoms with Crippen LogP contribution >= 0.6 is 11.6 Å². The first kappa shape index (κ1) is 16.9. The Morgan fingerprint density at radius 1 is 1.36 bits per heavy atom. The van der Waals surface area contributed by atoms with Crippen LogP contribution in [0.2, 0.25) is 5.02 Å². The topological polar surface area (TPSA) is 89.5 Å². The molecule has 0 bridgehead atoms. The van der Waals surface area contributed by atoms with E-state index in [1.54, 1.807) is 0 Å². The predicted molar refractivity (Wildman–Crippen MR) is 80.4 cm³/mol. The van der Waals surface area contributed by atoms with Crippen LogP contribution in [0.1, 0.15) is 36.0 Å². The molecule has 1 aromatic carbocycles. The molecule has 0 amide bonds. The molecule has 0 saturated heterocycles. The number of Topliss-reactive ketones (excluding diaryl/α,β-unsaturated/α-hetero) is 1. The molecular formula is C14H16ClNO5S. The molecule has 0 heterocycles. The minimum atomic E-state index is -3.79. The fourth-order valence-electron chi connectivity index (χ4n) is 2.22. The highest BCUT2D eigenvalue weighted by Gasteiger charge is 2.27. The van der Waals surface area contributed by atoms with Crippen molar-refractivity contribution in [3.8, 4) is 0 Å². The van der Waals surface area contributed by atoms with Crippen LogP contribution in [0.25, 0.3) is 0 Å². The van der Waals surface area contributed by atoms with E-state index in [1.807, 2.05) is 0 Å². The van der Waals surface area contributed by atoms with Gasteiger partial charge in [0.1, 0.15) is 4.90 Å². The lowest BCUT2D eigenvalue weighted by Gasteiger charge is -2.20. The van der Waals surface area contributed by atoms with Crippen molar-refractivity contribution < 1.29 is 22.7 Å². The van der Waals surface area contributed by atoms with E-state index in [2.05, 4.69) is 4.72 Å². The van der Waals surface area contributed by atoms with Gasteiger partial charge in [-0.05, 0) is 44.5 Å². The number of esters is 1. The zero-order valence-electron chi connectivity index (χ0n) is 12.0. The van der Waals surface area contributed by atoms with Crippen LogP contribution < -0.4 is 4.72 Å². The Hall–Kier alpha value is -1.44. The predicted octanol–water partition coefficient (Wildman–Crippen LogP) is 1.92. The van der Waals surface area contributed by atoms with Gasteiger partial charge in [0.15, 0.2) is 11.9 Å². The summed E-state index contributed by atoms with van der Waals surface area (Å²) in [5, 5.41) is -0.000331. The molecule has 1 fully saturated rings. The summed E-state index contributed by atoms with van der Waals surface area (Å²) in [5.41, 5.74) is 0.0385. The number of ketones is 1. The van der Waals surface area contributed by atoms with Gasteiger partial charge in [-0.2, -0.15) is 0 Å². The number of carbonyl (C=O) groups excluding carboxylic acids is 2. The van der Waals surface area contributed by atoms with Crippen molar-refractivity contribution in [3.05, 3.63) is 28.8 Å². The van der Waals surface area contributed by atoms with Gasteiger partial charge in [-0.25, -0.2) is 17.9 Å². The smallest absolute Gasteiger partial charge is 0.338 e. The Labute approximate surface area is 133 Å². The molecule has 0 unspecified atom stereocenters. The van der Waals surface area contributed by atoms with Gasteiger partial charge in [0.05, 0.1) is 10.6 Å². The van der Waals surface area contributed by atoms with Crippen LogP contribution in [-0.2, 0) is 19.6 Å². The van der Waals surface area contributed by atoms with Gasteiger partial charge < -0.3 is 4.74 Å². The van der Waals surface area contributed by atoms with Crippen LogP contribution in [0.15, 0.2) is 23.1 Å². The standard InChI is InChI=1S/C14H16ClNO5S/c1-16-22(19,20)13-8-9(6-7-10(13)15)14(18)21-12-5-3-2-4-11(12)17/h6-8,12,16H,2-5H2,1H3/t12-/m1/s1. The Morgan fingerprint density at radius 2 is 2.09 bits per heavy atom. The fourth-order valence-corrected chi connectivity index (χ4v) is 3.47. The van der Waals surface area contributed by atoms with Gasteiger partial charge in [-0.3, -0.25) is 4.79 Å². The maximum Gasteiger partial charge on any atom is 0.338 e. The Morgan fingerprint density at radius 3 is 2.73 bits per heavy atom. The maximum absolute atomic E-state index is 12.1. The summed E-state index contributed by atoms with van der Waals surface area (Å²) in [6, 6.07) is 3.82. The summed E-state index contributed by atoms with van der Waals surface area (Å²) in [4.78, 5) is 23.6. The monoisotopic (exact) mass is 345 g/mol. The first-order valence-electron chi connectivity index (χ1n) is 6.82. The second-order valence-electron chi connectivity index (χ2n) is 4.96. The lowest BCUT2D eigenvalue weighted by molar-refractivity contribution is -0.129. The molecule has 2 rings (SSSR count). The van der Waals surface area contributed by atoms with Crippen molar-refractivity contribution in [2.45, 2.75) is 36.7 Å². The van der Waals surface area contributed by atoms with Gasteiger partial charge in [0.2, 0.25) is 10.0 Å². The average Bonchev–Trinajstić information content (AvgIpc) is 2.49. The van der Waals surface area contributed by atoms with Crippen molar-refractivity contribution >= 4 is 33.4 Å². The minimum absolute atomic E-state index is 0.000331. The van der Waals surface area contributed by atoms with Gasteiger partial charge in [-0.1, -0.05) is 11.6 Å². The Kier molecular flexibility index (Phi) is 5.20. The molecule has 1 aliphatic carbocycles. The zero-order valence-corrected chi connectivity index (χ0v) is 13.5. The highest BCUT2D eigenvalue weighted by Crippen LogP contribution is 2.24. The van der Waals surface area contributed by atoms with E-state index in [1.165, 1.54) is 19.2 Å². The second kappa shape index (κ2) is 6.76. The largest absolute Gasteiger partial charge is 0.451 e. The van der Waals surface area contributed by atoms with E-state index in [0.717, 1.165) is 18.9 Å². The van der Waals surface area contributed by atoms with Crippen LogP contribution in [0, 0.1) is 0 Å². The molecule has 120 valence electrons. The number of sulfonamides is 1. The van der Waals surface area contributed by atoms with Gasteiger partial charge in [-0.15, -0.1) is 0 Å². The Balaban J connectivity index is 2.23. The van der Waals surface area contributed by atoms with E-state index >= 15 is 0 Å². The molecule has 1 atom stereocenters. The third-order valence-corrected chi connectivity index (χ3v) is 5.37. The molecule has 0 radical (unpaired) electrons. The van der Waals surface area contributed by atoms with E-state index in [-0.39, 0.29) is 21.3 Å². The number of hydrogen-bond donors (Lipinski definition) is 1. The molecule has 1 N–H and O–H groups in total. The number of nitrogens with one attached hydrogen (secondary N) is 1. The SMILES string of the molecule is CNS(=O)(=O)c1cc(C(=O)O[C@@H]2CCCCC2=O)ccc1Cl. The van der Waals surface area contributed by atoms with E-state index in [4.69, 9.17) is 16.3 Å². The molecule has 0 aromatic heterocycles. The number of hydrogen-bond acceptors (Lipinski definition) is 5. The lowest BCUT2D eigenvalue weighted by atomic mass is 9.96. The number of halogens is 1. The highest BCUT2D eigenvalue weighted by atomic mass is 35.5. The molecule has 1 saturated carbocycles. The average molecular weight is 346 g/mol. The first-order valence-corrected chi connectivity index (χ1v) is 8.68. The summed E-state index contributed by atoms with van der Waals surface area (Å²) in [7, 11) is -2.54. The van der Waals surface area contributed by atoms with Crippen LogP contribution in [0.4, 0.5) is 0 Å². The molecule has 8 heteroatoms. The number of carbonyl (C=O) groups is 2. The van der Waals surface area contributed by atoms with Crippen molar-refractivity contribution in [1.82, 2.24) is 4.72 Å². The van der Waals surface area contributed by atoms with Crippen molar-refractivity contribution in [2.24, 2.45) is 0 Å². The molecule has 0 spiro atoms. The summed E-state index contributed by atoms with van der Waals surface area (Å²) in [6.45, 7) is 0. The number of ether oxygens (including phenoxy) is 1. The maximum atomic E-state index is 12.1. The Bertz CT molecular complexity index is 701. The highest BCUT2D eigenvalue weighted by molar-refractivity contribution is 7.89. The van der Waals surface area contributed by atoms with E-state index < -0.39 is 22.1 Å². The molecule has 6 nitrogen and oxygen atoms in total. The summed E-state index contributed by atoms with van der Waals surface area (Å²) < 4.78 is 31.0. The molecule has 1 aliphatic rings. The van der Waals surface area contributed by atoms with Crippen molar-refractivity contribution in [1.29, 1.82) is 0 Å². The van der Waals surface area contributed by atoms with Crippen LogP contribution in [0.5, 0.6) is 0 Å². The van der Waals surface area contributed by atoms with Crippen LogP contribution in [-0.4, -0.2) is 33.3 Å².